The molecule has 2 amide bonds. The SMILES string of the molecule is CCc1ccccc1NC(=O)COc1ccc(C(=O)Nc2ccc(C)cc2C)cc1. The summed E-state index contributed by atoms with van der Waals surface area (Å²) in [5.41, 5.74) is 5.34. The van der Waals surface area contributed by atoms with E-state index in [1.807, 2.05) is 63.2 Å². The zero-order valence-electron chi connectivity index (χ0n) is 17.5. The zero-order chi connectivity index (χ0) is 21.5. The third-order valence-electron chi connectivity index (χ3n) is 4.79. The minimum Gasteiger partial charge on any atom is -0.484 e. The van der Waals surface area contributed by atoms with Gasteiger partial charge in [0.15, 0.2) is 6.61 Å². The largest absolute Gasteiger partial charge is 0.484 e. The lowest BCUT2D eigenvalue weighted by atomic mass is 10.1. The summed E-state index contributed by atoms with van der Waals surface area (Å²) in [5.74, 6) is 0.104. The van der Waals surface area contributed by atoms with Crippen LogP contribution in [-0.4, -0.2) is 18.4 Å². The lowest BCUT2D eigenvalue weighted by molar-refractivity contribution is -0.118. The molecule has 2 N–H and O–H groups in total. The van der Waals surface area contributed by atoms with Gasteiger partial charge in [-0.15, -0.1) is 0 Å². The fourth-order valence-corrected chi connectivity index (χ4v) is 3.14. The number of hydrogen-bond acceptors (Lipinski definition) is 3. The van der Waals surface area contributed by atoms with E-state index in [1.165, 1.54) is 0 Å². The molecule has 0 spiro atoms. The Kier molecular flexibility index (Phi) is 6.86. The van der Waals surface area contributed by atoms with E-state index in [0.29, 0.717) is 11.3 Å². The highest BCUT2D eigenvalue weighted by Crippen LogP contribution is 2.19. The molecule has 0 aliphatic heterocycles. The van der Waals surface area contributed by atoms with Crippen molar-refractivity contribution in [3.05, 3.63) is 89.0 Å². The zero-order valence-corrected chi connectivity index (χ0v) is 17.5. The third kappa shape index (κ3) is 5.47. The highest BCUT2D eigenvalue weighted by atomic mass is 16.5. The first-order valence-corrected chi connectivity index (χ1v) is 9.95. The molecule has 154 valence electrons. The molecule has 0 saturated heterocycles. The molecule has 0 bridgehead atoms. The van der Waals surface area contributed by atoms with Crippen LogP contribution >= 0.6 is 0 Å². The Morgan fingerprint density at radius 1 is 0.867 bits per heavy atom. The summed E-state index contributed by atoms with van der Waals surface area (Å²) >= 11 is 0. The molecule has 3 aromatic rings. The summed E-state index contributed by atoms with van der Waals surface area (Å²) in [6.45, 7) is 5.91. The summed E-state index contributed by atoms with van der Waals surface area (Å²) < 4.78 is 5.56. The fourth-order valence-electron chi connectivity index (χ4n) is 3.14. The summed E-state index contributed by atoms with van der Waals surface area (Å²) in [4.78, 5) is 24.7. The topological polar surface area (TPSA) is 67.4 Å². The van der Waals surface area contributed by atoms with Gasteiger partial charge in [-0.2, -0.15) is 0 Å². The minimum atomic E-state index is -0.229. The van der Waals surface area contributed by atoms with Crippen LogP contribution in [-0.2, 0) is 11.2 Å². The molecule has 3 rings (SSSR count). The molecule has 0 aliphatic carbocycles. The molecular weight excluding hydrogens is 376 g/mol. The normalized spacial score (nSPS) is 10.4. The highest BCUT2D eigenvalue weighted by molar-refractivity contribution is 6.04. The number of anilines is 2. The second-order valence-electron chi connectivity index (χ2n) is 7.14. The first-order chi connectivity index (χ1) is 14.5. The van der Waals surface area contributed by atoms with Crippen LogP contribution in [0.25, 0.3) is 0 Å². The predicted octanol–water partition coefficient (Wildman–Crippen LogP) is 5.14. The molecule has 30 heavy (non-hydrogen) atoms. The van der Waals surface area contributed by atoms with E-state index in [0.717, 1.165) is 34.5 Å². The summed E-state index contributed by atoms with van der Waals surface area (Å²) in [5, 5.41) is 5.79. The predicted molar refractivity (Wildman–Crippen MR) is 120 cm³/mol. The van der Waals surface area contributed by atoms with E-state index in [-0.39, 0.29) is 18.4 Å². The van der Waals surface area contributed by atoms with Crippen LogP contribution in [0.15, 0.2) is 66.7 Å². The maximum absolute atomic E-state index is 12.5. The van der Waals surface area contributed by atoms with Gasteiger partial charge in [-0.1, -0.05) is 42.8 Å². The van der Waals surface area contributed by atoms with Crippen LogP contribution in [0.3, 0.4) is 0 Å². The number of hydrogen-bond donors (Lipinski definition) is 2. The maximum atomic E-state index is 12.5. The van der Waals surface area contributed by atoms with Crippen LogP contribution in [0.1, 0.15) is 34.0 Å². The monoisotopic (exact) mass is 402 g/mol. The van der Waals surface area contributed by atoms with Gasteiger partial charge in [0.1, 0.15) is 5.75 Å². The average molecular weight is 402 g/mol. The Bertz CT molecular complexity index is 1040. The van der Waals surface area contributed by atoms with Crippen LogP contribution in [0.5, 0.6) is 5.75 Å². The number of para-hydroxylation sites is 1. The van der Waals surface area contributed by atoms with Crippen molar-refractivity contribution in [1.82, 2.24) is 0 Å². The van der Waals surface area contributed by atoms with Gasteiger partial charge in [-0.25, -0.2) is 0 Å². The van der Waals surface area contributed by atoms with Gasteiger partial charge in [0.25, 0.3) is 11.8 Å². The molecular formula is C25H26N2O3. The number of rotatable bonds is 7. The number of benzene rings is 3. The van der Waals surface area contributed by atoms with E-state index in [1.54, 1.807) is 24.3 Å². The number of ether oxygens (including phenoxy) is 1. The van der Waals surface area contributed by atoms with Crippen molar-refractivity contribution in [2.45, 2.75) is 27.2 Å². The first kappa shape index (κ1) is 21.1. The Morgan fingerprint density at radius 3 is 2.30 bits per heavy atom. The Labute approximate surface area is 177 Å². The molecule has 0 radical (unpaired) electrons. The molecule has 0 atom stereocenters. The fraction of sp³-hybridized carbons (Fsp3) is 0.200. The van der Waals surface area contributed by atoms with E-state index in [4.69, 9.17) is 4.74 Å². The van der Waals surface area contributed by atoms with Crippen molar-refractivity contribution in [2.75, 3.05) is 17.2 Å². The van der Waals surface area contributed by atoms with E-state index >= 15 is 0 Å². The molecule has 0 saturated carbocycles. The highest BCUT2D eigenvalue weighted by Gasteiger charge is 2.10. The van der Waals surface area contributed by atoms with Crippen LogP contribution in [0.2, 0.25) is 0 Å². The van der Waals surface area contributed by atoms with Gasteiger partial charge >= 0.3 is 0 Å². The van der Waals surface area contributed by atoms with Crippen molar-refractivity contribution in [3.8, 4) is 5.75 Å². The number of nitrogens with one attached hydrogen (secondary N) is 2. The number of amides is 2. The van der Waals surface area contributed by atoms with Crippen LogP contribution in [0, 0.1) is 13.8 Å². The lowest BCUT2D eigenvalue weighted by Gasteiger charge is -2.11. The molecule has 0 aliphatic rings. The lowest BCUT2D eigenvalue weighted by Crippen LogP contribution is -2.21. The molecule has 5 heteroatoms. The van der Waals surface area contributed by atoms with E-state index in [9.17, 15) is 9.59 Å². The van der Waals surface area contributed by atoms with Gasteiger partial charge in [0.05, 0.1) is 0 Å². The van der Waals surface area contributed by atoms with Gasteiger partial charge in [-0.3, -0.25) is 9.59 Å². The van der Waals surface area contributed by atoms with Gasteiger partial charge in [-0.05, 0) is 67.8 Å². The number of aryl methyl sites for hydroxylation is 3. The third-order valence-corrected chi connectivity index (χ3v) is 4.79. The smallest absolute Gasteiger partial charge is 0.262 e. The molecule has 0 unspecified atom stereocenters. The standard InChI is InChI=1S/C25H26N2O3/c1-4-19-7-5-6-8-23(19)26-24(28)16-30-21-12-10-20(11-13-21)25(29)27-22-14-9-17(2)15-18(22)3/h5-15H,4,16H2,1-3H3,(H,26,28)(H,27,29). The Hall–Kier alpha value is -3.60. The van der Waals surface area contributed by atoms with Crippen molar-refractivity contribution in [2.24, 2.45) is 0 Å². The van der Waals surface area contributed by atoms with Crippen LogP contribution in [0.4, 0.5) is 11.4 Å². The Morgan fingerprint density at radius 2 is 1.60 bits per heavy atom. The van der Waals surface area contributed by atoms with E-state index in [2.05, 4.69) is 10.6 Å². The van der Waals surface area contributed by atoms with Crippen molar-refractivity contribution >= 4 is 23.2 Å². The molecule has 0 aromatic heterocycles. The first-order valence-electron chi connectivity index (χ1n) is 9.95. The summed E-state index contributed by atoms with van der Waals surface area (Å²) in [6, 6.07) is 20.3. The van der Waals surface area contributed by atoms with Crippen molar-refractivity contribution in [1.29, 1.82) is 0 Å². The molecule has 0 fully saturated rings. The molecule has 0 heterocycles. The second-order valence-corrected chi connectivity index (χ2v) is 7.14. The van der Waals surface area contributed by atoms with Crippen LogP contribution < -0.4 is 15.4 Å². The minimum absolute atomic E-state index is 0.105. The van der Waals surface area contributed by atoms with Gasteiger partial charge in [0, 0.05) is 16.9 Å². The molecule has 3 aromatic carbocycles. The van der Waals surface area contributed by atoms with Crippen molar-refractivity contribution in [3.63, 3.8) is 0 Å². The Balaban J connectivity index is 1.55. The van der Waals surface area contributed by atoms with Gasteiger partial charge < -0.3 is 15.4 Å². The quantitative estimate of drug-likeness (QED) is 0.575. The second kappa shape index (κ2) is 9.74. The van der Waals surface area contributed by atoms with Crippen molar-refractivity contribution < 1.29 is 14.3 Å². The number of carbonyl (C=O) groups is 2. The average Bonchev–Trinajstić information content (AvgIpc) is 2.75. The maximum Gasteiger partial charge on any atom is 0.262 e. The number of carbonyl (C=O) groups excluding carboxylic acids is 2. The summed E-state index contributed by atoms with van der Waals surface area (Å²) in [7, 11) is 0. The summed E-state index contributed by atoms with van der Waals surface area (Å²) in [6.07, 6.45) is 0.836. The molecule has 5 nitrogen and oxygen atoms in total. The van der Waals surface area contributed by atoms with Gasteiger partial charge in [0.2, 0.25) is 0 Å². The van der Waals surface area contributed by atoms with E-state index < -0.39 is 0 Å².